The number of nitrogens with one attached hydrogen (secondary N) is 2. The van der Waals surface area contributed by atoms with Crippen molar-refractivity contribution in [3.63, 3.8) is 0 Å². The van der Waals surface area contributed by atoms with E-state index in [1.54, 1.807) is 0 Å². The van der Waals surface area contributed by atoms with Gasteiger partial charge in [-0.3, -0.25) is 4.79 Å². The second-order valence-corrected chi connectivity index (χ2v) is 3.81. The SMILES string of the molecule is O=c1[nH]ccnc1NCc1ccc2c(c1)OCO2. The van der Waals surface area contributed by atoms with E-state index < -0.39 is 0 Å². The van der Waals surface area contributed by atoms with Gasteiger partial charge < -0.3 is 19.8 Å². The highest BCUT2D eigenvalue weighted by Gasteiger charge is 2.13. The lowest BCUT2D eigenvalue weighted by atomic mass is 10.2. The number of aromatic nitrogens is 2. The summed E-state index contributed by atoms with van der Waals surface area (Å²) < 4.78 is 10.5. The number of nitrogens with zero attached hydrogens (tertiary/aromatic N) is 1. The molecule has 0 atom stereocenters. The molecule has 0 saturated heterocycles. The van der Waals surface area contributed by atoms with E-state index in [2.05, 4.69) is 15.3 Å². The molecule has 0 bridgehead atoms. The molecule has 1 aromatic heterocycles. The highest BCUT2D eigenvalue weighted by molar-refractivity contribution is 5.45. The summed E-state index contributed by atoms with van der Waals surface area (Å²) in [5.41, 5.74) is 0.752. The second-order valence-electron chi connectivity index (χ2n) is 3.81. The molecular formula is C12H11N3O3. The number of benzene rings is 1. The zero-order valence-corrected chi connectivity index (χ0v) is 9.47. The second kappa shape index (κ2) is 4.40. The molecular weight excluding hydrogens is 234 g/mol. The van der Waals surface area contributed by atoms with Gasteiger partial charge in [-0.05, 0) is 17.7 Å². The molecule has 1 aliphatic rings. The van der Waals surface area contributed by atoms with Gasteiger partial charge in [-0.15, -0.1) is 0 Å². The predicted octanol–water partition coefficient (Wildman–Crippen LogP) is 1.11. The molecule has 0 aliphatic carbocycles. The molecule has 18 heavy (non-hydrogen) atoms. The molecule has 1 aromatic carbocycles. The third-order valence-corrected chi connectivity index (χ3v) is 2.60. The Morgan fingerprint density at radius 1 is 1.33 bits per heavy atom. The van der Waals surface area contributed by atoms with Crippen LogP contribution in [0.1, 0.15) is 5.56 Å². The normalized spacial score (nSPS) is 12.4. The summed E-state index contributed by atoms with van der Waals surface area (Å²) in [5, 5.41) is 2.97. The molecule has 0 radical (unpaired) electrons. The topological polar surface area (TPSA) is 76.2 Å². The average molecular weight is 245 g/mol. The van der Waals surface area contributed by atoms with Gasteiger partial charge in [0.2, 0.25) is 6.79 Å². The average Bonchev–Trinajstić information content (AvgIpc) is 2.85. The Balaban J connectivity index is 1.74. The summed E-state index contributed by atoms with van der Waals surface area (Å²) in [7, 11) is 0. The van der Waals surface area contributed by atoms with Crippen molar-refractivity contribution in [3.8, 4) is 11.5 Å². The fourth-order valence-corrected chi connectivity index (χ4v) is 1.71. The van der Waals surface area contributed by atoms with Gasteiger partial charge in [-0.2, -0.15) is 0 Å². The van der Waals surface area contributed by atoms with Crippen LogP contribution < -0.4 is 20.3 Å². The third kappa shape index (κ3) is 2.00. The molecule has 2 N–H and O–H groups in total. The summed E-state index contributed by atoms with van der Waals surface area (Å²) in [6.45, 7) is 0.753. The first-order valence-electron chi connectivity index (χ1n) is 5.49. The van der Waals surface area contributed by atoms with Crippen molar-refractivity contribution in [2.75, 3.05) is 12.1 Å². The van der Waals surface area contributed by atoms with Gasteiger partial charge in [-0.25, -0.2) is 4.98 Å². The van der Waals surface area contributed by atoms with E-state index in [1.165, 1.54) is 12.4 Å². The van der Waals surface area contributed by atoms with Gasteiger partial charge in [0.15, 0.2) is 17.3 Å². The molecule has 0 spiro atoms. The molecule has 2 aromatic rings. The predicted molar refractivity (Wildman–Crippen MR) is 64.7 cm³/mol. The molecule has 92 valence electrons. The lowest BCUT2D eigenvalue weighted by molar-refractivity contribution is 0.174. The van der Waals surface area contributed by atoms with Gasteiger partial charge in [0.1, 0.15) is 0 Å². The van der Waals surface area contributed by atoms with Gasteiger partial charge in [0.05, 0.1) is 0 Å². The van der Waals surface area contributed by atoms with Crippen LogP contribution in [-0.4, -0.2) is 16.8 Å². The van der Waals surface area contributed by atoms with Crippen LogP contribution in [0.3, 0.4) is 0 Å². The van der Waals surface area contributed by atoms with Crippen LogP contribution >= 0.6 is 0 Å². The van der Waals surface area contributed by atoms with E-state index in [1.807, 2.05) is 18.2 Å². The van der Waals surface area contributed by atoms with E-state index in [0.29, 0.717) is 12.4 Å². The Kier molecular flexibility index (Phi) is 2.60. The van der Waals surface area contributed by atoms with Crippen LogP contribution in [0.5, 0.6) is 11.5 Å². The molecule has 0 amide bonds. The van der Waals surface area contributed by atoms with Gasteiger partial charge in [0, 0.05) is 18.9 Å². The zero-order chi connectivity index (χ0) is 12.4. The Morgan fingerprint density at radius 2 is 2.22 bits per heavy atom. The minimum atomic E-state index is -0.238. The minimum Gasteiger partial charge on any atom is -0.454 e. The van der Waals surface area contributed by atoms with E-state index in [9.17, 15) is 4.79 Å². The maximum absolute atomic E-state index is 11.4. The first-order chi connectivity index (χ1) is 8.83. The van der Waals surface area contributed by atoms with Gasteiger partial charge >= 0.3 is 0 Å². The van der Waals surface area contributed by atoms with Crippen LogP contribution in [-0.2, 0) is 6.54 Å². The monoisotopic (exact) mass is 245 g/mol. The van der Waals surface area contributed by atoms with Crippen LogP contribution in [0.25, 0.3) is 0 Å². The third-order valence-electron chi connectivity index (χ3n) is 2.60. The molecule has 0 fully saturated rings. The summed E-state index contributed by atoms with van der Waals surface area (Å²) in [6.07, 6.45) is 3.03. The first-order valence-corrected chi connectivity index (χ1v) is 5.49. The van der Waals surface area contributed by atoms with Crippen molar-refractivity contribution in [3.05, 3.63) is 46.5 Å². The Labute approximate surface area is 103 Å². The Bertz CT molecular complexity index is 624. The number of aromatic amines is 1. The molecule has 0 unspecified atom stereocenters. The Morgan fingerprint density at radius 3 is 3.11 bits per heavy atom. The van der Waals surface area contributed by atoms with Crippen LogP contribution in [0, 0.1) is 0 Å². The van der Waals surface area contributed by atoms with Gasteiger partial charge in [-0.1, -0.05) is 6.07 Å². The number of ether oxygens (including phenoxy) is 2. The maximum Gasteiger partial charge on any atom is 0.290 e. The fourth-order valence-electron chi connectivity index (χ4n) is 1.71. The summed E-state index contributed by atoms with van der Waals surface area (Å²) in [6, 6.07) is 5.64. The maximum atomic E-state index is 11.4. The van der Waals surface area contributed by atoms with Crippen LogP contribution in [0.4, 0.5) is 5.82 Å². The number of rotatable bonds is 3. The highest BCUT2D eigenvalue weighted by Crippen LogP contribution is 2.32. The lowest BCUT2D eigenvalue weighted by Crippen LogP contribution is -2.14. The van der Waals surface area contributed by atoms with E-state index in [0.717, 1.165) is 17.1 Å². The quantitative estimate of drug-likeness (QED) is 0.847. The van der Waals surface area contributed by atoms with Crippen molar-refractivity contribution in [2.45, 2.75) is 6.54 Å². The van der Waals surface area contributed by atoms with E-state index in [4.69, 9.17) is 9.47 Å². The minimum absolute atomic E-state index is 0.238. The summed E-state index contributed by atoms with van der Waals surface area (Å²) in [5.74, 6) is 1.77. The van der Waals surface area contributed by atoms with Crippen molar-refractivity contribution in [2.24, 2.45) is 0 Å². The number of fused-ring (bicyclic) bond motifs is 1. The zero-order valence-electron chi connectivity index (χ0n) is 9.47. The number of H-pyrrole nitrogens is 1. The van der Waals surface area contributed by atoms with E-state index >= 15 is 0 Å². The Hall–Kier alpha value is -2.50. The molecule has 1 aliphatic heterocycles. The van der Waals surface area contributed by atoms with E-state index in [-0.39, 0.29) is 12.4 Å². The van der Waals surface area contributed by atoms with Crippen molar-refractivity contribution in [1.29, 1.82) is 0 Å². The molecule has 3 rings (SSSR count). The number of anilines is 1. The standard InChI is InChI=1S/C12H11N3O3/c16-12-11(13-3-4-14-12)15-6-8-1-2-9-10(5-8)18-7-17-9/h1-5H,6-7H2,(H,13,15)(H,14,16). The fraction of sp³-hybridized carbons (Fsp3) is 0.167. The highest BCUT2D eigenvalue weighted by atomic mass is 16.7. The number of hydrogen-bond acceptors (Lipinski definition) is 5. The van der Waals surface area contributed by atoms with Crippen LogP contribution in [0.2, 0.25) is 0 Å². The van der Waals surface area contributed by atoms with Gasteiger partial charge in [0.25, 0.3) is 5.56 Å². The summed E-state index contributed by atoms with van der Waals surface area (Å²) in [4.78, 5) is 17.9. The largest absolute Gasteiger partial charge is 0.454 e. The molecule has 6 heteroatoms. The van der Waals surface area contributed by atoms with Crippen molar-refractivity contribution >= 4 is 5.82 Å². The lowest BCUT2D eigenvalue weighted by Gasteiger charge is -2.05. The molecule has 6 nitrogen and oxygen atoms in total. The number of hydrogen-bond donors (Lipinski definition) is 2. The van der Waals surface area contributed by atoms with Crippen molar-refractivity contribution in [1.82, 2.24) is 9.97 Å². The molecule has 2 heterocycles. The van der Waals surface area contributed by atoms with Crippen LogP contribution in [0.15, 0.2) is 35.4 Å². The smallest absolute Gasteiger partial charge is 0.290 e. The first kappa shape index (κ1) is 10.6. The molecule has 0 saturated carbocycles. The summed E-state index contributed by atoms with van der Waals surface area (Å²) >= 11 is 0. The van der Waals surface area contributed by atoms with Crippen molar-refractivity contribution < 1.29 is 9.47 Å².